The summed E-state index contributed by atoms with van der Waals surface area (Å²) in [4.78, 5) is 17.2. The summed E-state index contributed by atoms with van der Waals surface area (Å²) in [7, 11) is 1.87. The largest absolute Gasteiger partial charge is 0.479 e. The van der Waals surface area contributed by atoms with Crippen LogP contribution in [-0.2, 0) is 4.74 Å². The van der Waals surface area contributed by atoms with E-state index in [0.717, 1.165) is 48.2 Å². The van der Waals surface area contributed by atoms with E-state index < -0.39 is 0 Å². The number of hydrogen-bond acceptors (Lipinski definition) is 4. The van der Waals surface area contributed by atoms with Gasteiger partial charge in [0.25, 0.3) is 0 Å². The molecule has 0 fully saturated rings. The monoisotopic (exact) mass is 400 g/mol. The summed E-state index contributed by atoms with van der Waals surface area (Å²) in [6, 6.07) is 3.78. The van der Waals surface area contributed by atoms with Crippen molar-refractivity contribution in [2.45, 2.75) is 80.1 Å². The zero-order valence-corrected chi connectivity index (χ0v) is 19.5. The van der Waals surface area contributed by atoms with Crippen LogP contribution in [0.5, 0.6) is 0 Å². The molecule has 1 heterocycles. The van der Waals surface area contributed by atoms with Crippen LogP contribution in [0, 0.1) is 12.8 Å². The maximum atomic E-state index is 12.5. The van der Waals surface area contributed by atoms with Crippen LogP contribution in [0.15, 0.2) is 29.7 Å². The molecule has 1 atom stereocenters. The van der Waals surface area contributed by atoms with Crippen LogP contribution in [0.2, 0.25) is 0 Å². The number of aromatic nitrogens is 1. The average molecular weight is 401 g/mol. The van der Waals surface area contributed by atoms with Gasteiger partial charge in [0.15, 0.2) is 11.7 Å². The third-order valence-corrected chi connectivity index (χ3v) is 5.23. The lowest BCUT2D eigenvalue weighted by molar-refractivity contribution is 0.0981. The van der Waals surface area contributed by atoms with Gasteiger partial charge in [-0.2, -0.15) is 0 Å². The molecule has 4 heteroatoms. The van der Waals surface area contributed by atoms with Crippen LogP contribution in [0.25, 0.3) is 5.57 Å². The highest BCUT2D eigenvalue weighted by atomic mass is 16.5. The molecule has 0 aliphatic heterocycles. The Balaban J connectivity index is 3.28. The summed E-state index contributed by atoms with van der Waals surface area (Å²) < 4.78 is 6.13. The van der Waals surface area contributed by atoms with Gasteiger partial charge in [-0.15, -0.1) is 0 Å². The second-order valence-electron chi connectivity index (χ2n) is 7.90. The molecule has 0 radical (unpaired) electrons. The molecule has 0 spiro atoms. The molecule has 1 N–H and O–H groups in total. The number of hydrogen-bond donors (Lipinski definition) is 1. The van der Waals surface area contributed by atoms with Crippen LogP contribution < -0.4 is 5.32 Å². The molecule has 0 saturated heterocycles. The Morgan fingerprint density at radius 2 is 2.00 bits per heavy atom. The molecule has 1 aromatic rings. The van der Waals surface area contributed by atoms with Crippen LogP contribution in [0.1, 0.15) is 94.9 Å². The number of ether oxygens (including phenoxy) is 1. The first-order valence-electron chi connectivity index (χ1n) is 11.1. The number of nitrogens with one attached hydrogen (secondary N) is 1. The third-order valence-electron chi connectivity index (χ3n) is 5.23. The lowest BCUT2D eigenvalue weighted by Crippen LogP contribution is -2.14. The minimum Gasteiger partial charge on any atom is -0.479 e. The number of carbonyl (C=O) groups excluding carboxylic acids is 1. The quantitative estimate of drug-likeness (QED) is 0.179. The Hall–Kier alpha value is -2.10. The number of ketones is 1. The van der Waals surface area contributed by atoms with Gasteiger partial charge in [0.2, 0.25) is 0 Å². The molecule has 0 amide bonds. The lowest BCUT2D eigenvalue weighted by atomic mass is 10.0. The first kappa shape index (κ1) is 24.9. The van der Waals surface area contributed by atoms with E-state index in [9.17, 15) is 4.79 Å². The predicted octanol–water partition coefficient (Wildman–Crippen LogP) is 6.46. The van der Waals surface area contributed by atoms with Gasteiger partial charge in [-0.05, 0) is 63.7 Å². The van der Waals surface area contributed by atoms with Crippen molar-refractivity contribution in [1.82, 2.24) is 10.3 Å². The molecule has 0 aromatic carbocycles. The fraction of sp³-hybridized carbons (Fsp3) is 0.600. The van der Waals surface area contributed by atoms with Gasteiger partial charge in [-0.25, -0.2) is 0 Å². The fourth-order valence-electron chi connectivity index (χ4n) is 3.04. The highest BCUT2D eigenvalue weighted by Crippen LogP contribution is 2.24. The van der Waals surface area contributed by atoms with Crippen molar-refractivity contribution in [3.63, 3.8) is 0 Å². The van der Waals surface area contributed by atoms with E-state index in [0.29, 0.717) is 24.8 Å². The van der Waals surface area contributed by atoms with E-state index in [4.69, 9.17) is 9.72 Å². The summed E-state index contributed by atoms with van der Waals surface area (Å²) in [5, 5.41) is 3.21. The average Bonchev–Trinajstić information content (AvgIpc) is 2.71. The fourth-order valence-corrected chi connectivity index (χ4v) is 3.04. The normalized spacial score (nSPS) is 13.7. The SMILES string of the molecule is CCCC(=O)c1cc(C)nc(C(/C=C(\C)CC)=C(/NC)OCCCC(C)CC)c1. The number of pyridine rings is 1. The van der Waals surface area contributed by atoms with Gasteiger partial charge in [-0.1, -0.05) is 39.7 Å². The van der Waals surface area contributed by atoms with Crippen LogP contribution in [0.4, 0.5) is 0 Å². The maximum absolute atomic E-state index is 12.5. The first-order chi connectivity index (χ1) is 13.9. The first-order valence-corrected chi connectivity index (χ1v) is 11.1. The van der Waals surface area contributed by atoms with Crippen molar-refractivity contribution in [3.8, 4) is 0 Å². The highest BCUT2D eigenvalue weighted by molar-refractivity contribution is 5.97. The summed E-state index contributed by atoms with van der Waals surface area (Å²) in [6.45, 7) is 13.4. The van der Waals surface area contributed by atoms with Gasteiger partial charge in [-0.3, -0.25) is 9.78 Å². The predicted molar refractivity (Wildman–Crippen MR) is 123 cm³/mol. The highest BCUT2D eigenvalue weighted by Gasteiger charge is 2.14. The molecular weight excluding hydrogens is 360 g/mol. The van der Waals surface area contributed by atoms with Crippen LogP contribution >= 0.6 is 0 Å². The van der Waals surface area contributed by atoms with Crippen molar-refractivity contribution < 1.29 is 9.53 Å². The Morgan fingerprint density at radius 1 is 1.28 bits per heavy atom. The van der Waals surface area contributed by atoms with E-state index in [2.05, 4.69) is 39.1 Å². The number of nitrogens with zero attached hydrogens (tertiary/aromatic N) is 1. The standard InChI is InChI=1S/C25H40N2O2/c1-8-12-24(28)21-16-20(6)27-23(17-21)22(15-19(5)10-3)25(26-7)29-14-11-13-18(4)9-2/h15-18,26H,8-14H2,1-7H3/b19-15+,25-22-. The second-order valence-corrected chi connectivity index (χ2v) is 7.90. The minimum atomic E-state index is 0.162. The maximum Gasteiger partial charge on any atom is 0.196 e. The number of Topliss-reactive ketones (excluding diaryl/α,β-unsaturated/α-hetero) is 1. The smallest absolute Gasteiger partial charge is 0.196 e. The molecule has 162 valence electrons. The number of carbonyl (C=O) groups is 1. The number of rotatable bonds is 13. The van der Waals surface area contributed by atoms with E-state index in [1.807, 2.05) is 33.0 Å². The van der Waals surface area contributed by atoms with Crippen molar-refractivity contribution in [3.05, 3.63) is 46.6 Å². The zero-order chi connectivity index (χ0) is 21.8. The second kappa shape index (κ2) is 13.2. The Morgan fingerprint density at radius 3 is 2.59 bits per heavy atom. The molecular formula is C25H40N2O2. The lowest BCUT2D eigenvalue weighted by Gasteiger charge is -2.16. The van der Waals surface area contributed by atoms with Crippen molar-refractivity contribution in [2.75, 3.05) is 13.7 Å². The van der Waals surface area contributed by atoms with E-state index >= 15 is 0 Å². The zero-order valence-electron chi connectivity index (χ0n) is 19.5. The van der Waals surface area contributed by atoms with Gasteiger partial charge < -0.3 is 10.1 Å². The minimum absolute atomic E-state index is 0.162. The van der Waals surface area contributed by atoms with E-state index in [-0.39, 0.29) is 5.78 Å². The number of allylic oxidation sites excluding steroid dienone is 3. The Labute approximate surface area is 177 Å². The molecule has 0 aliphatic rings. The van der Waals surface area contributed by atoms with Crippen LogP contribution in [-0.4, -0.2) is 24.4 Å². The summed E-state index contributed by atoms with van der Waals surface area (Å²) in [5.41, 5.74) is 4.49. The summed E-state index contributed by atoms with van der Waals surface area (Å²) in [5.74, 6) is 1.59. The van der Waals surface area contributed by atoms with Gasteiger partial charge >= 0.3 is 0 Å². The third kappa shape index (κ3) is 8.43. The van der Waals surface area contributed by atoms with Gasteiger partial charge in [0.05, 0.1) is 17.9 Å². The molecule has 1 unspecified atom stereocenters. The molecule has 0 bridgehead atoms. The van der Waals surface area contributed by atoms with Gasteiger partial charge in [0.1, 0.15) is 0 Å². The van der Waals surface area contributed by atoms with Crippen LogP contribution in [0.3, 0.4) is 0 Å². The molecule has 0 saturated carbocycles. The van der Waals surface area contributed by atoms with Crippen molar-refractivity contribution in [2.24, 2.45) is 5.92 Å². The molecule has 1 aromatic heterocycles. The number of aryl methyl sites for hydroxylation is 1. The molecule has 0 aliphatic carbocycles. The van der Waals surface area contributed by atoms with E-state index in [1.165, 1.54) is 12.0 Å². The Kier molecular flexibility index (Phi) is 11.3. The summed E-state index contributed by atoms with van der Waals surface area (Å²) >= 11 is 0. The topological polar surface area (TPSA) is 51.2 Å². The van der Waals surface area contributed by atoms with E-state index in [1.54, 1.807) is 0 Å². The van der Waals surface area contributed by atoms with Gasteiger partial charge in [0, 0.05) is 24.7 Å². The summed E-state index contributed by atoms with van der Waals surface area (Å²) in [6.07, 6.45) is 7.83. The Bertz CT molecular complexity index is 720. The molecule has 29 heavy (non-hydrogen) atoms. The molecule has 1 rings (SSSR count). The van der Waals surface area contributed by atoms with Crippen molar-refractivity contribution >= 4 is 11.4 Å². The molecule has 4 nitrogen and oxygen atoms in total. The van der Waals surface area contributed by atoms with Crippen molar-refractivity contribution in [1.29, 1.82) is 0 Å².